The molecule has 0 unspecified atom stereocenters. The fourth-order valence-electron chi connectivity index (χ4n) is 2.12. The minimum absolute atomic E-state index is 0.0314. The number of carboxylic acid groups (broad SMARTS) is 1. The Morgan fingerprint density at radius 2 is 1.89 bits per heavy atom. The van der Waals surface area contributed by atoms with Crippen molar-refractivity contribution in [3.05, 3.63) is 58.1 Å². The van der Waals surface area contributed by atoms with Crippen molar-refractivity contribution in [1.82, 2.24) is 15.2 Å². The van der Waals surface area contributed by atoms with Crippen molar-refractivity contribution < 1.29 is 14.7 Å². The lowest BCUT2D eigenvalue weighted by Gasteiger charge is -2.07. The number of anilines is 1. The number of carboxylic acids is 1. The predicted molar refractivity (Wildman–Crippen MR) is 105 cm³/mol. The lowest BCUT2D eigenvalue weighted by molar-refractivity contribution is -0.113. The van der Waals surface area contributed by atoms with Crippen molar-refractivity contribution in [1.29, 1.82) is 0 Å². The topological polar surface area (TPSA) is 108 Å². The fourth-order valence-corrected chi connectivity index (χ4v) is 3.01. The third-order valence-electron chi connectivity index (χ3n) is 3.40. The van der Waals surface area contributed by atoms with Crippen molar-refractivity contribution in [3.63, 3.8) is 0 Å². The number of aromatic amines is 1. The van der Waals surface area contributed by atoms with Crippen LogP contribution in [0.15, 0.2) is 47.6 Å². The van der Waals surface area contributed by atoms with Crippen LogP contribution in [0.1, 0.15) is 10.4 Å². The largest absolute Gasteiger partial charge is 0.478 e. The van der Waals surface area contributed by atoms with Gasteiger partial charge < -0.3 is 10.4 Å². The van der Waals surface area contributed by atoms with Crippen LogP contribution in [-0.4, -0.2) is 37.9 Å². The van der Waals surface area contributed by atoms with Crippen LogP contribution in [0.5, 0.6) is 0 Å². The summed E-state index contributed by atoms with van der Waals surface area (Å²) in [7, 11) is 0. The Hall–Kier alpha value is -2.55. The molecule has 3 rings (SSSR count). The van der Waals surface area contributed by atoms with E-state index in [2.05, 4.69) is 20.5 Å². The number of carbonyl (C=O) groups is 2. The van der Waals surface area contributed by atoms with Gasteiger partial charge in [0.15, 0.2) is 5.82 Å². The van der Waals surface area contributed by atoms with Crippen molar-refractivity contribution in [2.75, 3.05) is 11.1 Å². The molecule has 0 saturated heterocycles. The summed E-state index contributed by atoms with van der Waals surface area (Å²) >= 11 is 13.0. The number of hydrogen-bond donors (Lipinski definition) is 3. The number of aromatic nitrogens is 3. The van der Waals surface area contributed by atoms with Gasteiger partial charge in [-0.2, -0.15) is 0 Å². The number of nitrogens with one attached hydrogen (secondary N) is 2. The van der Waals surface area contributed by atoms with E-state index in [1.807, 2.05) is 0 Å². The molecule has 3 aromatic rings. The Morgan fingerprint density at radius 3 is 2.59 bits per heavy atom. The number of halogens is 2. The van der Waals surface area contributed by atoms with Crippen molar-refractivity contribution >= 4 is 52.5 Å². The maximum absolute atomic E-state index is 12.1. The number of thioether (sulfide) groups is 1. The zero-order valence-electron chi connectivity index (χ0n) is 13.6. The quantitative estimate of drug-likeness (QED) is 0.513. The van der Waals surface area contributed by atoms with Gasteiger partial charge in [0.25, 0.3) is 0 Å². The highest BCUT2D eigenvalue weighted by Gasteiger charge is 2.12. The number of amides is 1. The molecule has 3 N–H and O–H groups in total. The zero-order valence-corrected chi connectivity index (χ0v) is 15.9. The van der Waals surface area contributed by atoms with Gasteiger partial charge in [-0.15, -0.1) is 5.10 Å². The Balaban J connectivity index is 1.61. The van der Waals surface area contributed by atoms with Crippen LogP contribution in [0.2, 0.25) is 10.0 Å². The summed E-state index contributed by atoms with van der Waals surface area (Å²) in [4.78, 5) is 27.4. The molecule has 2 aromatic carbocycles. The van der Waals surface area contributed by atoms with E-state index in [0.717, 1.165) is 17.3 Å². The Kier molecular flexibility index (Phi) is 6.00. The molecule has 0 saturated carbocycles. The van der Waals surface area contributed by atoms with E-state index >= 15 is 0 Å². The van der Waals surface area contributed by atoms with Gasteiger partial charge in [-0.1, -0.05) is 35.0 Å². The first-order valence-electron chi connectivity index (χ1n) is 7.56. The monoisotopic (exact) mass is 422 g/mol. The van der Waals surface area contributed by atoms with E-state index in [9.17, 15) is 9.59 Å². The highest BCUT2D eigenvalue weighted by Crippen LogP contribution is 2.24. The van der Waals surface area contributed by atoms with Gasteiger partial charge in [0.2, 0.25) is 11.1 Å². The Bertz CT molecular complexity index is 992. The van der Waals surface area contributed by atoms with Gasteiger partial charge >= 0.3 is 5.97 Å². The molecule has 0 radical (unpaired) electrons. The summed E-state index contributed by atoms with van der Waals surface area (Å²) in [5.41, 5.74) is 1.09. The van der Waals surface area contributed by atoms with Gasteiger partial charge in [0, 0.05) is 10.6 Å². The molecule has 0 fully saturated rings. The molecule has 0 aliphatic carbocycles. The molecule has 0 spiro atoms. The van der Waals surface area contributed by atoms with Gasteiger partial charge in [-0.3, -0.25) is 9.89 Å². The van der Waals surface area contributed by atoms with Crippen LogP contribution in [-0.2, 0) is 4.79 Å². The average molecular weight is 423 g/mol. The number of hydrogen-bond acceptors (Lipinski definition) is 5. The third-order valence-corrected chi connectivity index (χ3v) is 4.83. The number of rotatable bonds is 6. The summed E-state index contributed by atoms with van der Waals surface area (Å²) in [5, 5.41) is 19.7. The Labute approximate surface area is 168 Å². The minimum Gasteiger partial charge on any atom is -0.478 e. The van der Waals surface area contributed by atoms with E-state index in [4.69, 9.17) is 28.3 Å². The van der Waals surface area contributed by atoms with E-state index in [0.29, 0.717) is 16.0 Å². The highest BCUT2D eigenvalue weighted by molar-refractivity contribution is 7.99. The summed E-state index contributed by atoms with van der Waals surface area (Å²) in [6.45, 7) is 0. The van der Waals surface area contributed by atoms with Crippen molar-refractivity contribution in [2.45, 2.75) is 5.16 Å². The number of H-pyrrole nitrogens is 1. The molecule has 0 aliphatic rings. The van der Waals surface area contributed by atoms with Gasteiger partial charge in [-0.05, 0) is 42.5 Å². The molecule has 7 nitrogen and oxygen atoms in total. The first-order chi connectivity index (χ1) is 12.9. The number of nitrogens with zero attached hydrogens (tertiary/aromatic N) is 2. The molecule has 10 heteroatoms. The van der Waals surface area contributed by atoms with Gasteiger partial charge in [0.1, 0.15) is 0 Å². The minimum atomic E-state index is -1.10. The molecule has 1 heterocycles. The van der Waals surface area contributed by atoms with Gasteiger partial charge in [-0.25, -0.2) is 9.78 Å². The molecule has 138 valence electrons. The van der Waals surface area contributed by atoms with Crippen molar-refractivity contribution in [3.8, 4) is 11.4 Å². The van der Waals surface area contributed by atoms with E-state index in [-0.39, 0.29) is 27.9 Å². The summed E-state index contributed by atoms with van der Waals surface area (Å²) in [6.07, 6.45) is 0. The fraction of sp³-hybridized carbons (Fsp3) is 0.0588. The maximum Gasteiger partial charge on any atom is 0.335 e. The first-order valence-corrected chi connectivity index (χ1v) is 9.30. The third kappa shape index (κ3) is 5.00. The van der Waals surface area contributed by atoms with E-state index in [1.165, 1.54) is 18.2 Å². The zero-order chi connectivity index (χ0) is 19.4. The smallest absolute Gasteiger partial charge is 0.335 e. The summed E-state index contributed by atoms with van der Waals surface area (Å²) in [5.74, 6) is -0.869. The number of aromatic carboxylic acids is 1. The Morgan fingerprint density at radius 1 is 1.15 bits per heavy atom. The summed E-state index contributed by atoms with van der Waals surface area (Å²) in [6, 6.07) is 11.2. The van der Waals surface area contributed by atoms with Crippen LogP contribution < -0.4 is 5.32 Å². The lowest BCUT2D eigenvalue weighted by Crippen LogP contribution is -2.15. The second-order valence-corrected chi connectivity index (χ2v) is 7.10. The van der Waals surface area contributed by atoms with Crippen LogP contribution >= 0.6 is 35.0 Å². The molecule has 0 atom stereocenters. The number of benzene rings is 2. The molecule has 0 bridgehead atoms. The second kappa shape index (κ2) is 8.43. The first kappa shape index (κ1) is 19.2. The van der Waals surface area contributed by atoms with Gasteiger partial charge in [0.05, 0.1) is 22.0 Å². The summed E-state index contributed by atoms with van der Waals surface area (Å²) < 4.78 is 0. The molecular formula is C17H12Cl2N4O3S. The highest BCUT2D eigenvalue weighted by atomic mass is 35.5. The van der Waals surface area contributed by atoms with Crippen LogP contribution in [0.4, 0.5) is 5.69 Å². The van der Waals surface area contributed by atoms with E-state index < -0.39 is 5.97 Å². The lowest BCUT2D eigenvalue weighted by atomic mass is 10.2. The molecule has 27 heavy (non-hydrogen) atoms. The molecule has 1 amide bonds. The van der Waals surface area contributed by atoms with Crippen LogP contribution in [0.3, 0.4) is 0 Å². The molecule has 1 aromatic heterocycles. The number of carbonyl (C=O) groups excluding carboxylic acids is 1. The second-order valence-electron chi connectivity index (χ2n) is 5.31. The molecular weight excluding hydrogens is 411 g/mol. The predicted octanol–water partition coefficient (Wildman–Crippen LogP) is 4.21. The van der Waals surface area contributed by atoms with Crippen LogP contribution in [0.25, 0.3) is 11.4 Å². The molecule has 0 aliphatic heterocycles. The van der Waals surface area contributed by atoms with Crippen LogP contribution in [0, 0.1) is 0 Å². The van der Waals surface area contributed by atoms with Crippen molar-refractivity contribution in [2.24, 2.45) is 0 Å². The SMILES string of the molecule is O=C(CSc1n[nH]c(-c2ccc(Cl)cc2)n1)Nc1cc(C(=O)O)ccc1Cl. The maximum atomic E-state index is 12.1. The normalized spacial score (nSPS) is 10.6. The average Bonchev–Trinajstić information content (AvgIpc) is 3.11. The standard InChI is InChI=1S/C17H12Cl2N4O3S/c18-11-4-1-9(2-5-11)15-21-17(23-22-15)27-8-14(24)20-13-7-10(16(25)26)3-6-12(13)19/h1-7H,8H2,(H,20,24)(H,25,26)(H,21,22,23). The van der Waals surface area contributed by atoms with E-state index in [1.54, 1.807) is 24.3 Å².